The maximum Gasteiger partial charge on any atom is 0.293 e. The number of hydrogen-bond donors (Lipinski definition) is 2. The molecule has 0 aromatic heterocycles. The van der Waals surface area contributed by atoms with Crippen molar-refractivity contribution in [2.75, 3.05) is 10.6 Å². The number of hydrogen-bond acceptors (Lipinski definition) is 4. The van der Waals surface area contributed by atoms with E-state index in [-0.39, 0.29) is 17.3 Å². The highest BCUT2D eigenvalue weighted by molar-refractivity contribution is 6.09. The van der Waals surface area contributed by atoms with Gasteiger partial charge in [-0.25, -0.2) is 0 Å². The third-order valence-corrected chi connectivity index (χ3v) is 4.11. The standard InChI is InChI=1S/C17H15N3O4/c1-17(2)11-8-14(20(23)24)13(9-12(11)19-16(17)22)18-15(21)10-6-4-3-5-7-10/h3-9H,1-2H3,(H,18,21)(H,19,22). The Morgan fingerprint density at radius 2 is 1.88 bits per heavy atom. The van der Waals surface area contributed by atoms with Gasteiger partial charge >= 0.3 is 0 Å². The second-order valence-corrected chi connectivity index (χ2v) is 6.07. The molecule has 122 valence electrons. The maximum atomic E-state index is 12.3. The van der Waals surface area contributed by atoms with Crippen LogP contribution in [0.3, 0.4) is 0 Å². The van der Waals surface area contributed by atoms with Gasteiger partial charge in [0.05, 0.1) is 10.3 Å². The van der Waals surface area contributed by atoms with E-state index in [1.165, 1.54) is 12.1 Å². The minimum atomic E-state index is -0.859. The van der Waals surface area contributed by atoms with Gasteiger partial charge in [-0.1, -0.05) is 18.2 Å². The quantitative estimate of drug-likeness (QED) is 0.669. The lowest BCUT2D eigenvalue weighted by atomic mass is 9.86. The maximum absolute atomic E-state index is 12.3. The number of anilines is 2. The summed E-state index contributed by atoms with van der Waals surface area (Å²) in [7, 11) is 0. The normalized spacial score (nSPS) is 14.7. The molecule has 7 heteroatoms. The van der Waals surface area contributed by atoms with Crippen LogP contribution in [0.4, 0.5) is 17.1 Å². The number of carbonyl (C=O) groups excluding carboxylic acids is 2. The molecular weight excluding hydrogens is 310 g/mol. The van der Waals surface area contributed by atoms with E-state index >= 15 is 0 Å². The number of fused-ring (bicyclic) bond motifs is 1. The van der Waals surface area contributed by atoms with Crippen molar-refractivity contribution in [3.8, 4) is 0 Å². The molecule has 0 saturated carbocycles. The van der Waals surface area contributed by atoms with Crippen LogP contribution in [-0.4, -0.2) is 16.7 Å². The summed E-state index contributed by atoms with van der Waals surface area (Å²) in [4.78, 5) is 35.1. The van der Waals surface area contributed by atoms with Crippen LogP contribution in [0.15, 0.2) is 42.5 Å². The minimum absolute atomic E-state index is 0.0469. The van der Waals surface area contributed by atoms with Gasteiger partial charge in [-0.2, -0.15) is 0 Å². The number of carbonyl (C=O) groups is 2. The molecule has 1 aliphatic rings. The molecular formula is C17H15N3O4. The Hall–Kier alpha value is -3.22. The van der Waals surface area contributed by atoms with Crippen LogP contribution in [0.1, 0.15) is 29.8 Å². The molecule has 2 aromatic carbocycles. The summed E-state index contributed by atoms with van der Waals surface area (Å²) in [5.41, 5.74) is 0.336. The van der Waals surface area contributed by atoms with Crippen molar-refractivity contribution in [2.24, 2.45) is 0 Å². The van der Waals surface area contributed by atoms with Crippen LogP contribution in [0, 0.1) is 10.1 Å². The van der Waals surface area contributed by atoms with Crippen molar-refractivity contribution < 1.29 is 14.5 Å². The van der Waals surface area contributed by atoms with Crippen molar-refractivity contribution in [1.29, 1.82) is 0 Å². The first-order valence-corrected chi connectivity index (χ1v) is 7.31. The predicted molar refractivity (Wildman–Crippen MR) is 89.1 cm³/mol. The van der Waals surface area contributed by atoms with Crippen molar-refractivity contribution in [2.45, 2.75) is 19.3 Å². The lowest BCUT2D eigenvalue weighted by Crippen LogP contribution is -2.26. The van der Waals surface area contributed by atoms with E-state index in [1.54, 1.807) is 44.2 Å². The predicted octanol–water partition coefficient (Wildman–Crippen LogP) is 3.08. The van der Waals surface area contributed by atoms with Gasteiger partial charge in [0, 0.05) is 17.3 Å². The average molecular weight is 325 g/mol. The summed E-state index contributed by atoms with van der Waals surface area (Å²) in [6.07, 6.45) is 0. The molecule has 0 bridgehead atoms. The van der Waals surface area contributed by atoms with Gasteiger partial charge in [-0.3, -0.25) is 19.7 Å². The lowest BCUT2D eigenvalue weighted by molar-refractivity contribution is -0.384. The molecule has 0 fully saturated rings. The molecule has 1 aliphatic heterocycles. The van der Waals surface area contributed by atoms with Crippen LogP contribution < -0.4 is 10.6 Å². The lowest BCUT2D eigenvalue weighted by Gasteiger charge is -2.15. The van der Waals surface area contributed by atoms with Crippen LogP contribution >= 0.6 is 0 Å². The number of nitrogens with zero attached hydrogens (tertiary/aromatic N) is 1. The smallest absolute Gasteiger partial charge is 0.293 e. The third-order valence-electron chi connectivity index (χ3n) is 4.11. The van der Waals surface area contributed by atoms with E-state index in [0.717, 1.165) is 0 Å². The first-order valence-electron chi connectivity index (χ1n) is 7.31. The van der Waals surface area contributed by atoms with E-state index in [4.69, 9.17) is 0 Å². The van der Waals surface area contributed by atoms with E-state index in [2.05, 4.69) is 10.6 Å². The largest absolute Gasteiger partial charge is 0.325 e. The minimum Gasteiger partial charge on any atom is -0.325 e. The number of nitro benzene ring substituents is 1. The summed E-state index contributed by atoms with van der Waals surface area (Å²) in [6.45, 7) is 3.39. The Bertz CT molecular complexity index is 860. The van der Waals surface area contributed by atoms with E-state index < -0.39 is 16.2 Å². The molecule has 0 aliphatic carbocycles. The zero-order chi connectivity index (χ0) is 17.5. The van der Waals surface area contributed by atoms with Gasteiger partial charge in [0.15, 0.2) is 0 Å². The van der Waals surface area contributed by atoms with Gasteiger partial charge in [-0.15, -0.1) is 0 Å². The molecule has 0 spiro atoms. The zero-order valence-electron chi connectivity index (χ0n) is 13.1. The second kappa shape index (κ2) is 5.45. The fourth-order valence-corrected chi connectivity index (χ4v) is 2.64. The highest BCUT2D eigenvalue weighted by Crippen LogP contribution is 2.42. The fourth-order valence-electron chi connectivity index (χ4n) is 2.64. The van der Waals surface area contributed by atoms with Gasteiger partial charge in [0.1, 0.15) is 5.69 Å². The Balaban J connectivity index is 2.03. The highest BCUT2D eigenvalue weighted by Gasteiger charge is 2.40. The molecule has 0 radical (unpaired) electrons. The number of rotatable bonds is 3. The molecule has 2 amide bonds. The number of amides is 2. The van der Waals surface area contributed by atoms with Gasteiger partial charge in [0.2, 0.25) is 5.91 Å². The van der Waals surface area contributed by atoms with Gasteiger partial charge < -0.3 is 10.6 Å². The monoisotopic (exact) mass is 325 g/mol. The first kappa shape index (κ1) is 15.7. The first-order chi connectivity index (χ1) is 11.3. The van der Waals surface area contributed by atoms with Crippen LogP contribution in [0.25, 0.3) is 0 Å². The molecule has 3 rings (SSSR count). The van der Waals surface area contributed by atoms with Gasteiger partial charge in [-0.05, 0) is 37.6 Å². The van der Waals surface area contributed by atoms with Crippen molar-refractivity contribution in [3.63, 3.8) is 0 Å². The van der Waals surface area contributed by atoms with Crippen molar-refractivity contribution >= 4 is 28.9 Å². The molecule has 2 aromatic rings. The molecule has 0 atom stereocenters. The second-order valence-electron chi connectivity index (χ2n) is 6.07. The van der Waals surface area contributed by atoms with E-state index in [0.29, 0.717) is 16.8 Å². The third kappa shape index (κ3) is 2.50. The Morgan fingerprint density at radius 3 is 2.50 bits per heavy atom. The molecule has 2 N–H and O–H groups in total. The number of nitro groups is 1. The highest BCUT2D eigenvalue weighted by atomic mass is 16.6. The summed E-state index contributed by atoms with van der Waals surface area (Å²) in [5.74, 6) is -0.694. The molecule has 0 saturated heterocycles. The Morgan fingerprint density at radius 1 is 1.21 bits per heavy atom. The number of benzene rings is 2. The van der Waals surface area contributed by atoms with Crippen molar-refractivity contribution in [1.82, 2.24) is 0 Å². The fraction of sp³-hybridized carbons (Fsp3) is 0.176. The topological polar surface area (TPSA) is 101 Å². The average Bonchev–Trinajstić information content (AvgIpc) is 2.76. The molecule has 24 heavy (non-hydrogen) atoms. The summed E-state index contributed by atoms with van der Waals surface area (Å²) >= 11 is 0. The van der Waals surface area contributed by atoms with Crippen LogP contribution in [-0.2, 0) is 10.2 Å². The van der Waals surface area contributed by atoms with Gasteiger partial charge in [0.25, 0.3) is 11.6 Å². The van der Waals surface area contributed by atoms with Crippen molar-refractivity contribution in [3.05, 3.63) is 63.7 Å². The summed E-state index contributed by atoms with van der Waals surface area (Å²) < 4.78 is 0. The van der Waals surface area contributed by atoms with E-state index in [9.17, 15) is 19.7 Å². The molecule has 7 nitrogen and oxygen atoms in total. The SMILES string of the molecule is CC1(C)C(=O)Nc2cc(NC(=O)c3ccccc3)c([N+](=O)[O-])cc21. The molecule has 0 unspecified atom stereocenters. The van der Waals surface area contributed by atoms with Crippen LogP contribution in [0.2, 0.25) is 0 Å². The molecule has 1 heterocycles. The number of nitrogens with one attached hydrogen (secondary N) is 2. The van der Waals surface area contributed by atoms with Crippen LogP contribution in [0.5, 0.6) is 0 Å². The summed E-state index contributed by atoms with van der Waals surface area (Å²) in [6, 6.07) is 11.2. The Labute approximate surface area is 137 Å². The van der Waals surface area contributed by atoms with E-state index in [1.807, 2.05) is 0 Å². The zero-order valence-corrected chi connectivity index (χ0v) is 13.1. The summed E-state index contributed by atoms with van der Waals surface area (Å²) in [5, 5.41) is 16.6. The Kier molecular flexibility index (Phi) is 3.56.